The summed E-state index contributed by atoms with van der Waals surface area (Å²) < 4.78 is 7.42. The Labute approximate surface area is 271 Å². The minimum atomic E-state index is 0.491. The number of pyridine rings is 1. The molecule has 45 heavy (non-hydrogen) atoms. The predicted molar refractivity (Wildman–Crippen MR) is 191 cm³/mol. The lowest BCUT2D eigenvalue weighted by Crippen LogP contribution is -2.41. The highest BCUT2D eigenvalue weighted by molar-refractivity contribution is 5.88. The van der Waals surface area contributed by atoms with Crippen molar-refractivity contribution in [3.05, 3.63) is 47.4 Å². The molecule has 0 bridgehead atoms. The summed E-state index contributed by atoms with van der Waals surface area (Å²) in [6.45, 7) is 0.491. The summed E-state index contributed by atoms with van der Waals surface area (Å²) in [5.41, 5.74) is 3.08. The minimum Gasteiger partial charge on any atom is -0.349 e. The zero-order valence-electron chi connectivity index (χ0n) is 30.5. The molecule has 0 N–H and O–H groups in total. The Bertz CT molecular complexity index is 1430. The summed E-state index contributed by atoms with van der Waals surface area (Å²) in [5, 5.41) is 0. The molecule has 13 nitrogen and oxygen atoms in total. The van der Waals surface area contributed by atoms with Gasteiger partial charge in [0.05, 0.1) is 6.54 Å². The van der Waals surface area contributed by atoms with Crippen molar-refractivity contribution in [2.45, 2.75) is 6.54 Å². The summed E-state index contributed by atoms with van der Waals surface area (Å²) in [7, 11) is 31.8. The van der Waals surface area contributed by atoms with Gasteiger partial charge in [0.15, 0.2) is 5.69 Å². The average molecular weight is 623 g/mol. The molecule has 1 heterocycles. The molecule has 248 valence electrons. The van der Waals surface area contributed by atoms with Crippen molar-refractivity contribution in [2.24, 2.45) is 15.0 Å². The molecule has 0 atom stereocenters. The van der Waals surface area contributed by atoms with Gasteiger partial charge >= 0.3 is 11.4 Å². The number of aromatic nitrogens is 1. The maximum Gasteiger partial charge on any atom is 0.399 e. The van der Waals surface area contributed by atoms with Crippen molar-refractivity contribution in [3.63, 3.8) is 0 Å². The minimum absolute atomic E-state index is 0.491. The molecule has 0 unspecified atom stereocenters. The van der Waals surface area contributed by atoms with Crippen LogP contribution in [-0.2, 0) is 6.54 Å². The second kappa shape index (κ2) is 15.9. The first-order chi connectivity index (χ1) is 21.0. The van der Waals surface area contributed by atoms with E-state index in [-0.39, 0.29) is 0 Å². The number of benzene rings is 1. The molecule has 2 aromatic rings. The molecule has 0 aliphatic rings. The maximum absolute atomic E-state index is 5.30. The summed E-state index contributed by atoms with van der Waals surface area (Å²) in [4.78, 5) is 31.7. The predicted octanol–water partition coefficient (Wildman–Crippen LogP) is 1.32. The molecule has 0 aliphatic heterocycles. The Kier molecular flexibility index (Phi) is 12.9. The van der Waals surface area contributed by atoms with Crippen LogP contribution in [0.2, 0.25) is 0 Å². The lowest BCUT2D eigenvalue weighted by molar-refractivity contribution is 0.478. The van der Waals surface area contributed by atoms with Gasteiger partial charge in [-0.1, -0.05) is 30.3 Å². The maximum atomic E-state index is 5.30. The highest BCUT2D eigenvalue weighted by Crippen LogP contribution is 2.32. The van der Waals surface area contributed by atoms with Crippen LogP contribution in [0.1, 0.15) is 5.56 Å². The van der Waals surface area contributed by atoms with E-state index in [1.54, 1.807) is 0 Å². The molecule has 1 aromatic carbocycles. The van der Waals surface area contributed by atoms with E-state index in [1.165, 1.54) is 0 Å². The van der Waals surface area contributed by atoms with Gasteiger partial charge in [0.25, 0.3) is 0 Å². The van der Waals surface area contributed by atoms with Crippen molar-refractivity contribution in [1.29, 1.82) is 0 Å². The molecule has 0 aliphatic carbocycles. The van der Waals surface area contributed by atoms with Crippen LogP contribution < -0.4 is 10.2 Å². The average Bonchev–Trinajstić information content (AvgIpc) is 2.92. The van der Waals surface area contributed by atoms with Gasteiger partial charge in [-0.2, -0.15) is 4.99 Å². The molecule has 0 fully saturated rings. The third-order valence-electron chi connectivity index (χ3n) is 6.48. The Hall–Kier alpha value is -4.64. The van der Waals surface area contributed by atoms with Crippen LogP contribution in [-0.4, -0.2) is 180 Å². The Morgan fingerprint density at radius 1 is 0.533 bits per heavy atom. The largest absolute Gasteiger partial charge is 0.399 e. The van der Waals surface area contributed by atoms with Crippen LogP contribution >= 0.6 is 0 Å². The van der Waals surface area contributed by atoms with Gasteiger partial charge in [-0.15, -0.1) is 0 Å². The fourth-order valence-electron chi connectivity index (χ4n) is 4.76. The molecule has 0 saturated heterocycles. The van der Waals surface area contributed by atoms with E-state index in [9.17, 15) is 0 Å². The smallest absolute Gasteiger partial charge is 0.349 e. The van der Waals surface area contributed by atoms with Crippen molar-refractivity contribution in [1.82, 2.24) is 48.4 Å². The lowest BCUT2D eigenvalue weighted by atomic mass is 10.2. The van der Waals surface area contributed by atoms with E-state index < -0.39 is 0 Å². The van der Waals surface area contributed by atoms with E-state index in [1.807, 2.05) is 176 Å². The Morgan fingerprint density at radius 3 is 1.33 bits per heavy atom. The zero-order chi connectivity index (χ0) is 34.2. The van der Waals surface area contributed by atoms with Crippen molar-refractivity contribution < 1.29 is 0 Å². The highest BCUT2D eigenvalue weighted by Gasteiger charge is 2.23. The first kappa shape index (κ1) is 36.6. The van der Waals surface area contributed by atoms with Crippen LogP contribution in [0.4, 0.5) is 17.2 Å². The summed E-state index contributed by atoms with van der Waals surface area (Å²) in [6, 6.07) is 12.3. The van der Waals surface area contributed by atoms with Gasteiger partial charge in [0.2, 0.25) is 23.7 Å². The van der Waals surface area contributed by atoms with Gasteiger partial charge in [0, 0.05) is 119 Å². The number of nitrogens with zero attached hydrogens (tertiary/aromatic N) is 13. The normalized spacial score (nSPS) is 10.2. The summed E-state index contributed by atoms with van der Waals surface area (Å²) in [5.74, 6) is 3.71. The monoisotopic (exact) mass is 622 g/mol. The van der Waals surface area contributed by atoms with E-state index in [4.69, 9.17) is 19.6 Å². The third kappa shape index (κ3) is 9.67. The van der Waals surface area contributed by atoms with Gasteiger partial charge in [-0.05, 0) is 5.56 Å². The SMILES string of the molecule is CN(C)C(=Nc1cc(N=C(N(C)C)N(C)C)c(=[N+]=C(N(C)C)N(C)C)n(Cc2ccccc2)c1N=C(N(C)C)N(C)C)N(C)C. The van der Waals surface area contributed by atoms with Gasteiger partial charge in [0.1, 0.15) is 5.69 Å². The molecular formula is C32H56N13+. The number of rotatable bonds is 5. The van der Waals surface area contributed by atoms with Gasteiger partial charge < -0.3 is 29.4 Å². The van der Waals surface area contributed by atoms with Crippen LogP contribution in [0.25, 0.3) is 0 Å². The quantitative estimate of drug-likeness (QED) is 0.281. The fraction of sp³-hybridized carbons (Fsp3) is 0.531. The van der Waals surface area contributed by atoms with Gasteiger partial charge in [-0.25, -0.2) is 19.2 Å². The zero-order valence-corrected chi connectivity index (χ0v) is 30.5. The second-order valence-electron chi connectivity index (χ2n) is 12.4. The molecule has 0 amide bonds. The van der Waals surface area contributed by atoms with E-state index in [0.29, 0.717) is 29.2 Å². The van der Waals surface area contributed by atoms with E-state index >= 15 is 0 Å². The number of hydrogen-bond acceptors (Lipinski definition) is 3. The lowest BCUT2D eigenvalue weighted by Gasteiger charge is -2.25. The van der Waals surface area contributed by atoms with Crippen molar-refractivity contribution in [3.8, 4) is 0 Å². The second-order valence-corrected chi connectivity index (χ2v) is 12.4. The van der Waals surface area contributed by atoms with Crippen molar-refractivity contribution in [2.75, 3.05) is 113 Å². The molecule has 0 saturated carbocycles. The van der Waals surface area contributed by atoms with Crippen molar-refractivity contribution >= 4 is 41.0 Å². The van der Waals surface area contributed by atoms with E-state index in [2.05, 4.69) is 16.7 Å². The molecule has 0 radical (unpaired) electrons. The standard InChI is InChI=1S/C32H56N13/c1-37(2)29(38(3)4)33-25-22-26(34-30(39(5)6)40(7)8)28(36-32(43(13)14)44(15)16)45(23-24-20-18-17-19-21-24)27(25)35-31(41(9)10)42(11)12/h17-22H,23H2,1-16H3/q+1. The van der Waals surface area contributed by atoms with Crippen LogP contribution in [0.15, 0.2) is 51.4 Å². The molecule has 1 aromatic heterocycles. The number of hydrogen-bond donors (Lipinski definition) is 0. The first-order valence-corrected chi connectivity index (χ1v) is 14.8. The first-order valence-electron chi connectivity index (χ1n) is 14.8. The molecule has 13 heteroatoms. The number of guanidine groups is 4. The number of aliphatic imine (C=N–C) groups is 3. The fourth-order valence-corrected chi connectivity index (χ4v) is 4.76. The van der Waals surface area contributed by atoms with E-state index in [0.717, 1.165) is 29.4 Å². The Morgan fingerprint density at radius 2 is 0.933 bits per heavy atom. The highest BCUT2D eigenvalue weighted by atomic mass is 15.4. The molecule has 2 rings (SSSR count). The van der Waals surface area contributed by atoms with Crippen LogP contribution in [0, 0.1) is 0 Å². The Balaban J connectivity index is 3.52. The molecule has 0 spiro atoms. The summed E-state index contributed by atoms with van der Waals surface area (Å²) in [6.07, 6.45) is 0. The topological polar surface area (TPSA) is 82.0 Å². The van der Waals surface area contributed by atoms with Crippen LogP contribution in [0.5, 0.6) is 0 Å². The summed E-state index contributed by atoms with van der Waals surface area (Å²) >= 11 is 0. The van der Waals surface area contributed by atoms with Gasteiger partial charge in [-0.3, -0.25) is 9.80 Å². The molecular weight excluding hydrogens is 566 g/mol. The third-order valence-corrected chi connectivity index (χ3v) is 6.48. The van der Waals surface area contributed by atoms with Crippen LogP contribution in [0.3, 0.4) is 0 Å².